The van der Waals surface area contributed by atoms with Gasteiger partial charge in [-0.15, -0.1) is 11.3 Å². The van der Waals surface area contributed by atoms with Gasteiger partial charge in [0.2, 0.25) is 5.91 Å². The standard InChI is InChI=1S/C22H28N4O4S/c1-3-24(15-21(27)23-14-18-5-4-12-31-18)22(28)17-6-7-19(20(13-17)26(29)30)25-10-8-16(2)9-11-25/h4-7,12-13,16H,3,8-11,14-15H2,1-2H3,(H,23,27). The molecular formula is C22H28N4O4S. The molecule has 3 rings (SSSR count). The van der Waals surface area contributed by atoms with Crippen molar-refractivity contribution in [2.75, 3.05) is 31.1 Å². The molecule has 2 heterocycles. The van der Waals surface area contributed by atoms with Gasteiger partial charge in [-0.2, -0.15) is 0 Å². The van der Waals surface area contributed by atoms with Crippen LogP contribution >= 0.6 is 11.3 Å². The molecule has 0 radical (unpaired) electrons. The number of piperidine rings is 1. The second-order valence-electron chi connectivity index (χ2n) is 7.81. The van der Waals surface area contributed by atoms with Crippen LogP contribution in [0.15, 0.2) is 35.7 Å². The molecule has 1 N–H and O–H groups in total. The normalized spacial score (nSPS) is 14.3. The predicted octanol–water partition coefficient (Wildman–Crippen LogP) is 3.67. The highest BCUT2D eigenvalue weighted by molar-refractivity contribution is 7.09. The predicted molar refractivity (Wildman–Crippen MR) is 121 cm³/mol. The molecule has 0 aliphatic carbocycles. The number of rotatable bonds is 8. The third-order valence-corrected chi connectivity index (χ3v) is 6.46. The lowest BCUT2D eigenvalue weighted by Crippen LogP contribution is -2.40. The van der Waals surface area contributed by atoms with Crippen LogP contribution in [-0.4, -0.2) is 47.8 Å². The summed E-state index contributed by atoms with van der Waals surface area (Å²) < 4.78 is 0. The summed E-state index contributed by atoms with van der Waals surface area (Å²) in [6.07, 6.45) is 1.98. The monoisotopic (exact) mass is 444 g/mol. The Kier molecular flexibility index (Phi) is 7.62. The first-order valence-electron chi connectivity index (χ1n) is 10.5. The zero-order chi connectivity index (χ0) is 22.4. The molecule has 1 aliphatic rings. The Bertz CT molecular complexity index is 924. The van der Waals surface area contributed by atoms with Crippen LogP contribution in [0, 0.1) is 16.0 Å². The molecule has 1 saturated heterocycles. The summed E-state index contributed by atoms with van der Waals surface area (Å²) in [7, 11) is 0. The molecule has 1 aliphatic heterocycles. The number of anilines is 1. The van der Waals surface area contributed by atoms with Crippen LogP contribution in [0.3, 0.4) is 0 Å². The molecule has 0 unspecified atom stereocenters. The molecule has 31 heavy (non-hydrogen) atoms. The van der Waals surface area contributed by atoms with Crippen LogP contribution in [0.4, 0.5) is 11.4 Å². The van der Waals surface area contributed by atoms with Gasteiger partial charge < -0.3 is 15.1 Å². The Balaban J connectivity index is 1.70. The molecule has 2 aromatic rings. The van der Waals surface area contributed by atoms with E-state index in [1.165, 1.54) is 11.0 Å². The number of carbonyl (C=O) groups is 2. The van der Waals surface area contributed by atoms with Gasteiger partial charge in [0.05, 0.1) is 18.0 Å². The Labute approximate surface area is 186 Å². The maximum atomic E-state index is 13.0. The number of hydrogen-bond donors (Lipinski definition) is 1. The molecule has 1 aromatic carbocycles. The number of nitrogens with zero attached hydrogens (tertiary/aromatic N) is 3. The number of carbonyl (C=O) groups excluding carboxylic acids is 2. The maximum absolute atomic E-state index is 13.0. The van der Waals surface area contributed by atoms with Crippen molar-refractivity contribution in [1.29, 1.82) is 0 Å². The quantitative estimate of drug-likeness (QED) is 0.495. The summed E-state index contributed by atoms with van der Waals surface area (Å²) in [5.74, 6) is -0.0481. The van der Waals surface area contributed by atoms with Crippen LogP contribution < -0.4 is 10.2 Å². The van der Waals surface area contributed by atoms with Crippen LogP contribution in [0.25, 0.3) is 0 Å². The molecule has 1 aromatic heterocycles. The highest BCUT2D eigenvalue weighted by Crippen LogP contribution is 2.32. The third kappa shape index (κ3) is 5.81. The van der Waals surface area contributed by atoms with Crippen LogP contribution in [0.1, 0.15) is 41.9 Å². The number of nitro groups is 1. The molecule has 8 nitrogen and oxygen atoms in total. The molecule has 9 heteroatoms. The molecule has 0 bridgehead atoms. The minimum Gasteiger partial charge on any atom is -0.366 e. The number of amides is 2. The van der Waals surface area contributed by atoms with E-state index >= 15 is 0 Å². The van der Waals surface area contributed by atoms with Gasteiger partial charge in [0.25, 0.3) is 11.6 Å². The average Bonchev–Trinajstić information content (AvgIpc) is 3.29. The minimum absolute atomic E-state index is 0.0707. The Morgan fingerprint density at radius 3 is 2.65 bits per heavy atom. The lowest BCUT2D eigenvalue weighted by molar-refractivity contribution is -0.384. The van der Waals surface area contributed by atoms with E-state index in [9.17, 15) is 19.7 Å². The van der Waals surface area contributed by atoms with E-state index in [0.29, 0.717) is 24.7 Å². The average molecular weight is 445 g/mol. The van der Waals surface area contributed by atoms with E-state index in [4.69, 9.17) is 0 Å². The highest BCUT2D eigenvalue weighted by Gasteiger charge is 2.26. The van der Waals surface area contributed by atoms with Gasteiger partial charge in [-0.3, -0.25) is 19.7 Å². The highest BCUT2D eigenvalue weighted by atomic mass is 32.1. The summed E-state index contributed by atoms with van der Waals surface area (Å²) in [6, 6.07) is 8.45. The van der Waals surface area contributed by atoms with Gasteiger partial charge in [-0.1, -0.05) is 13.0 Å². The summed E-state index contributed by atoms with van der Waals surface area (Å²) in [5, 5.41) is 16.4. The first-order chi connectivity index (χ1) is 14.9. The van der Waals surface area contributed by atoms with Crippen molar-refractivity contribution in [3.63, 3.8) is 0 Å². The van der Waals surface area contributed by atoms with Crippen molar-refractivity contribution in [3.05, 3.63) is 56.3 Å². The lowest BCUT2D eigenvalue weighted by Gasteiger charge is -2.31. The van der Waals surface area contributed by atoms with Crippen LogP contribution in [-0.2, 0) is 11.3 Å². The van der Waals surface area contributed by atoms with E-state index in [1.807, 2.05) is 22.4 Å². The van der Waals surface area contributed by atoms with Crippen molar-refractivity contribution in [3.8, 4) is 0 Å². The summed E-state index contributed by atoms with van der Waals surface area (Å²) in [6.45, 7) is 6.13. The number of nitro benzene ring substituents is 1. The zero-order valence-corrected chi connectivity index (χ0v) is 18.7. The van der Waals surface area contributed by atoms with Gasteiger partial charge in [0.15, 0.2) is 0 Å². The smallest absolute Gasteiger partial charge is 0.293 e. The summed E-state index contributed by atoms with van der Waals surface area (Å²) in [5.41, 5.74) is 0.692. The number of benzene rings is 1. The second-order valence-corrected chi connectivity index (χ2v) is 8.84. The maximum Gasteiger partial charge on any atom is 0.293 e. The fraction of sp³-hybridized carbons (Fsp3) is 0.455. The summed E-state index contributed by atoms with van der Waals surface area (Å²) in [4.78, 5) is 41.0. The SMILES string of the molecule is CCN(CC(=O)NCc1cccs1)C(=O)c1ccc(N2CCC(C)CC2)c([N+](=O)[O-])c1. The fourth-order valence-electron chi connectivity index (χ4n) is 3.66. The van der Waals surface area contributed by atoms with E-state index < -0.39 is 10.8 Å². The van der Waals surface area contributed by atoms with Gasteiger partial charge in [-0.25, -0.2) is 0 Å². The molecule has 0 atom stereocenters. The van der Waals surface area contributed by atoms with Gasteiger partial charge in [0, 0.05) is 36.1 Å². The Hall–Kier alpha value is -2.94. The van der Waals surface area contributed by atoms with Crippen molar-refractivity contribution in [2.24, 2.45) is 5.92 Å². The molecule has 0 spiro atoms. The van der Waals surface area contributed by atoms with Crippen molar-refractivity contribution < 1.29 is 14.5 Å². The molecule has 1 fully saturated rings. The van der Waals surface area contributed by atoms with Crippen LogP contribution in [0.5, 0.6) is 0 Å². The first-order valence-corrected chi connectivity index (χ1v) is 11.4. The number of nitrogens with one attached hydrogen (secondary N) is 1. The number of thiophene rings is 1. The van der Waals surface area contributed by atoms with E-state index in [1.54, 1.807) is 30.4 Å². The van der Waals surface area contributed by atoms with Crippen molar-refractivity contribution >= 4 is 34.5 Å². The Morgan fingerprint density at radius 1 is 1.29 bits per heavy atom. The lowest BCUT2D eigenvalue weighted by atomic mass is 9.98. The van der Waals surface area contributed by atoms with Gasteiger partial charge >= 0.3 is 0 Å². The number of hydrogen-bond acceptors (Lipinski definition) is 6. The van der Waals surface area contributed by atoms with E-state index in [0.717, 1.165) is 30.8 Å². The third-order valence-electron chi connectivity index (χ3n) is 5.59. The van der Waals surface area contributed by atoms with Gasteiger partial charge in [0.1, 0.15) is 5.69 Å². The number of likely N-dealkylation sites (N-methyl/N-ethyl adjacent to an activating group) is 1. The molecular weight excluding hydrogens is 416 g/mol. The minimum atomic E-state index is -0.436. The van der Waals surface area contributed by atoms with Crippen molar-refractivity contribution in [2.45, 2.75) is 33.2 Å². The Morgan fingerprint density at radius 2 is 2.03 bits per heavy atom. The van der Waals surface area contributed by atoms with Crippen LogP contribution in [0.2, 0.25) is 0 Å². The van der Waals surface area contributed by atoms with Crippen molar-refractivity contribution in [1.82, 2.24) is 10.2 Å². The molecule has 0 saturated carbocycles. The second kappa shape index (κ2) is 10.4. The summed E-state index contributed by atoms with van der Waals surface area (Å²) >= 11 is 1.55. The van der Waals surface area contributed by atoms with E-state index in [2.05, 4.69) is 12.2 Å². The fourth-order valence-corrected chi connectivity index (χ4v) is 4.30. The van der Waals surface area contributed by atoms with Gasteiger partial charge in [-0.05, 0) is 49.3 Å². The first kappa shape index (κ1) is 22.7. The largest absolute Gasteiger partial charge is 0.366 e. The molecule has 2 amide bonds. The topological polar surface area (TPSA) is 95.8 Å². The molecule has 166 valence electrons. The van der Waals surface area contributed by atoms with E-state index in [-0.39, 0.29) is 23.7 Å². The zero-order valence-electron chi connectivity index (χ0n) is 17.9.